The van der Waals surface area contributed by atoms with Crippen molar-refractivity contribution < 1.29 is 8.42 Å². The van der Waals surface area contributed by atoms with Crippen molar-refractivity contribution in [2.75, 3.05) is 5.75 Å². The molecule has 0 unspecified atom stereocenters. The minimum absolute atomic E-state index is 0.164. The van der Waals surface area contributed by atoms with Gasteiger partial charge in [-0.3, -0.25) is 0 Å². The van der Waals surface area contributed by atoms with Gasteiger partial charge < -0.3 is 5.73 Å². The molecule has 4 nitrogen and oxygen atoms in total. The maximum Gasteiger partial charge on any atom is 0.211 e. The summed E-state index contributed by atoms with van der Waals surface area (Å²) in [6.45, 7) is 2.58. The zero-order chi connectivity index (χ0) is 12.0. The van der Waals surface area contributed by atoms with Crippen molar-refractivity contribution in [3.8, 4) is 0 Å². The van der Waals surface area contributed by atoms with E-state index in [0.717, 1.165) is 11.1 Å². The van der Waals surface area contributed by atoms with E-state index >= 15 is 0 Å². The van der Waals surface area contributed by atoms with Crippen LogP contribution < -0.4 is 10.5 Å². The van der Waals surface area contributed by atoms with Crippen molar-refractivity contribution in [3.05, 3.63) is 35.4 Å². The summed E-state index contributed by atoms with van der Waals surface area (Å²) in [7, 11) is -3.15. The minimum atomic E-state index is -3.15. The zero-order valence-electron chi connectivity index (χ0n) is 9.44. The van der Waals surface area contributed by atoms with Gasteiger partial charge in [0.2, 0.25) is 10.0 Å². The fraction of sp³-hybridized carbons (Fsp3) is 0.455. The van der Waals surface area contributed by atoms with Gasteiger partial charge in [-0.05, 0) is 17.5 Å². The van der Waals surface area contributed by atoms with Crippen molar-refractivity contribution in [1.82, 2.24) is 4.72 Å². The molecule has 0 aliphatic rings. The fourth-order valence-electron chi connectivity index (χ4n) is 1.46. The maximum absolute atomic E-state index is 11.5. The van der Waals surface area contributed by atoms with Gasteiger partial charge in [-0.1, -0.05) is 31.2 Å². The van der Waals surface area contributed by atoms with E-state index in [4.69, 9.17) is 5.73 Å². The molecule has 16 heavy (non-hydrogen) atoms. The first-order chi connectivity index (χ1) is 7.59. The lowest BCUT2D eigenvalue weighted by molar-refractivity contribution is 0.579. The minimum Gasteiger partial charge on any atom is -0.326 e. The number of nitrogens with one attached hydrogen (secondary N) is 1. The first-order valence-electron chi connectivity index (χ1n) is 5.33. The summed E-state index contributed by atoms with van der Waals surface area (Å²) >= 11 is 0. The van der Waals surface area contributed by atoms with Crippen LogP contribution in [-0.4, -0.2) is 14.2 Å². The summed E-state index contributed by atoms with van der Waals surface area (Å²) in [4.78, 5) is 0. The zero-order valence-corrected chi connectivity index (χ0v) is 10.3. The lowest BCUT2D eigenvalue weighted by Gasteiger charge is -2.09. The molecule has 0 amide bonds. The van der Waals surface area contributed by atoms with E-state index in [1.165, 1.54) is 0 Å². The third kappa shape index (κ3) is 3.92. The average molecular weight is 242 g/mol. The molecule has 0 aliphatic carbocycles. The van der Waals surface area contributed by atoms with Gasteiger partial charge in [0.25, 0.3) is 0 Å². The van der Waals surface area contributed by atoms with E-state index in [9.17, 15) is 8.42 Å². The molecule has 0 saturated carbocycles. The average Bonchev–Trinajstić information content (AvgIpc) is 2.27. The molecule has 3 N–H and O–H groups in total. The van der Waals surface area contributed by atoms with Crippen LogP contribution in [0.2, 0.25) is 0 Å². The monoisotopic (exact) mass is 242 g/mol. The maximum atomic E-state index is 11.5. The Bertz CT molecular complexity index is 429. The lowest BCUT2D eigenvalue weighted by atomic mass is 10.1. The van der Waals surface area contributed by atoms with Crippen LogP contribution in [0, 0.1) is 0 Å². The first kappa shape index (κ1) is 13.2. The Labute approximate surface area is 96.9 Å². The highest BCUT2D eigenvalue weighted by atomic mass is 32.2. The van der Waals surface area contributed by atoms with Crippen LogP contribution >= 0.6 is 0 Å². The van der Waals surface area contributed by atoms with Gasteiger partial charge in [0, 0.05) is 13.1 Å². The molecule has 90 valence electrons. The molecule has 0 heterocycles. The molecule has 0 spiro atoms. The van der Waals surface area contributed by atoms with Crippen molar-refractivity contribution in [1.29, 1.82) is 0 Å². The third-order valence-corrected chi connectivity index (χ3v) is 3.82. The Morgan fingerprint density at radius 2 is 1.88 bits per heavy atom. The van der Waals surface area contributed by atoms with Crippen LogP contribution in [0.25, 0.3) is 0 Å². The molecular formula is C11H18N2O2S. The summed E-state index contributed by atoms with van der Waals surface area (Å²) < 4.78 is 25.5. The fourth-order valence-corrected chi connectivity index (χ4v) is 2.51. The van der Waals surface area contributed by atoms with Gasteiger partial charge in [-0.25, -0.2) is 13.1 Å². The Morgan fingerprint density at radius 3 is 2.44 bits per heavy atom. The van der Waals surface area contributed by atoms with E-state index in [1.54, 1.807) is 0 Å². The van der Waals surface area contributed by atoms with E-state index in [0.29, 0.717) is 19.5 Å². The molecule has 0 aromatic heterocycles. The summed E-state index contributed by atoms with van der Waals surface area (Å²) in [6.07, 6.45) is 0.619. The molecular weight excluding hydrogens is 224 g/mol. The van der Waals surface area contributed by atoms with Crippen LogP contribution in [0.1, 0.15) is 24.5 Å². The Hall–Kier alpha value is -0.910. The molecule has 0 bridgehead atoms. The highest BCUT2D eigenvalue weighted by Gasteiger charge is 2.09. The Kier molecular flexibility index (Phi) is 4.92. The first-order valence-corrected chi connectivity index (χ1v) is 6.98. The van der Waals surface area contributed by atoms with Gasteiger partial charge >= 0.3 is 0 Å². The quantitative estimate of drug-likeness (QED) is 0.781. The second-order valence-corrected chi connectivity index (χ2v) is 5.54. The Morgan fingerprint density at radius 1 is 1.25 bits per heavy atom. The number of rotatable bonds is 6. The summed E-state index contributed by atoms with van der Waals surface area (Å²) in [5.74, 6) is 0.164. The molecule has 1 aromatic rings. The van der Waals surface area contributed by atoms with Crippen LogP contribution in [0.5, 0.6) is 0 Å². The molecule has 0 fully saturated rings. The number of hydrogen-bond acceptors (Lipinski definition) is 3. The lowest BCUT2D eigenvalue weighted by Crippen LogP contribution is -2.26. The van der Waals surface area contributed by atoms with E-state index in [1.807, 2.05) is 31.2 Å². The second kappa shape index (κ2) is 5.98. The molecule has 0 atom stereocenters. The summed E-state index contributed by atoms with van der Waals surface area (Å²) in [5, 5.41) is 0. The number of sulfonamides is 1. The topological polar surface area (TPSA) is 72.2 Å². The van der Waals surface area contributed by atoms with Gasteiger partial charge in [0.1, 0.15) is 0 Å². The van der Waals surface area contributed by atoms with Crippen molar-refractivity contribution >= 4 is 10.0 Å². The largest absolute Gasteiger partial charge is 0.326 e. The van der Waals surface area contributed by atoms with Crippen molar-refractivity contribution in [2.24, 2.45) is 5.73 Å². The van der Waals surface area contributed by atoms with Crippen LogP contribution in [0.15, 0.2) is 24.3 Å². The predicted octanol–water partition coefficient (Wildman–Crippen LogP) is 0.975. The molecule has 1 aromatic carbocycles. The van der Waals surface area contributed by atoms with E-state index in [-0.39, 0.29) is 5.75 Å². The summed E-state index contributed by atoms with van der Waals surface area (Å²) in [5.41, 5.74) is 7.48. The molecule has 0 aliphatic heterocycles. The van der Waals surface area contributed by atoms with Crippen molar-refractivity contribution in [3.63, 3.8) is 0 Å². The van der Waals surface area contributed by atoms with Gasteiger partial charge in [0.05, 0.1) is 5.75 Å². The number of nitrogens with two attached hydrogens (primary N) is 1. The second-order valence-electron chi connectivity index (χ2n) is 3.61. The smallest absolute Gasteiger partial charge is 0.211 e. The van der Waals surface area contributed by atoms with E-state index < -0.39 is 10.0 Å². The molecule has 1 rings (SSSR count). The summed E-state index contributed by atoms with van der Waals surface area (Å²) in [6, 6.07) is 7.56. The van der Waals surface area contributed by atoms with Crippen LogP contribution in [-0.2, 0) is 23.1 Å². The number of hydrogen-bond donors (Lipinski definition) is 2. The third-order valence-electron chi connectivity index (χ3n) is 2.29. The Balaban J connectivity index is 2.68. The normalized spacial score (nSPS) is 11.6. The van der Waals surface area contributed by atoms with Gasteiger partial charge in [-0.15, -0.1) is 0 Å². The highest BCUT2D eigenvalue weighted by molar-refractivity contribution is 7.89. The molecule has 0 saturated heterocycles. The number of benzene rings is 1. The van der Waals surface area contributed by atoms with Crippen LogP contribution in [0.3, 0.4) is 0 Å². The van der Waals surface area contributed by atoms with E-state index in [2.05, 4.69) is 4.72 Å². The SMILES string of the molecule is CCCS(=O)(=O)NCc1ccccc1CN. The van der Waals surface area contributed by atoms with Gasteiger partial charge in [0.15, 0.2) is 0 Å². The van der Waals surface area contributed by atoms with Gasteiger partial charge in [-0.2, -0.15) is 0 Å². The standard InChI is InChI=1S/C11H18N2O2S/c1-2-7-16(14,15)13-9-11-6-4-3-5-10(11)8-12/h3-6,13H,2,7-9,12H2,1H3. The molecule has 5 heteroatoms. The highest BCUT2D eigenvalue weighted by Crippen LogP contribution is 2.07. The van der Waals surface area contributed by atoms with Crippen molar-refractivity contribution in [2.45, 2.75) is 26.4 Å². The predicted molar refractivity (Wildman–Crippen MR) is 65.3 cm³/mol. The molecule has 0 radical (unpaired) electrons. The van der Waals surface area contributed by atoms with Crippen LogP contribution in [0.4, 0.5) is 0 Å².